The minimum Gasteiger partial charge on any atom is -0.480 e. The molecule has 1 aliphatic rings. The van der Waals surface area contributed by atoms with Gasteiger partial charge in [0.25, 0.3) is 0 Å². The number of carboxylic acid groups (broad SMARTS) is 1. The van der Waals surface area contributed by atoms with Crippen molar-refractivity contribution >= 4 is 33.5 Å². The molecule has 0 heterocycles. The Balaban J connectivity index is 2.63. The molecule has 2 atom stereocenters. The third-order valence-electron chi connectivity index (χ3n) is 1.78. The second kappa shape index (κ2) is 2.70. The minimum atomic E-state index is -0.992. The van der Waals surface area contributed by atoms with Crippen LogP contribution in [-0.2, 0) is 4.79 Å². The largest absolute Gasteiger partial charge is 0.480 e. The average molecular weight is 227 g/mol. The SMILES string of the molecule is O=C(O)C1(Cl)CCC(Br)C1. The molecule has 0 amide bonds. The zero-order chi connectivity index (χ0) is 7.78. The summed E-state index contributed by atoms with van der Waals surface area (Å²) < 4.78 is 0. The molecule has 0 saturated heterocycles. The molecule has 0 bridgehead atoms. The summed E-state index contributed by atoms with van der Waals surface area (Å²) in [7, 11) is 0. The first kappa shape index (κ1) is 8.34. The summed E-state index contributed by atoms with van der Waals surface area (Å²) in [4.78, 5) is 9.80. The lowest BCUT2D eigenvalue weighted by Crippen LogP contribution is -2.28. The fraction of sp³-hybridized carbons (Fsp3) is 0.833. The molecule has 1 aliphatic carbocycles. The van der Waals surface area contributed by atoms with Gasteiger partial charge in [0.05, 0.1) is 0 Å². The molecule has 0 radical (unpaired) electrons. The van der Waals surface area contributed by atoms with Gasteiger partial charge in [0, 0.05) is 4.83 Å². The minimum absolute atomic E-state index is 0.279. The van der Waals surface area contributed by atoms with E-state index in [0.29, 0.717) is 12.8 Å². The van der Waals surface area contributed by atoms with Crippen molar-refractivity contribution < 1.29 is 9.90 Å². The first-order valence-electron chi connectivity index (χ1n) is 3.11. The Kier molecular flexibility index (Phi) is 2.25. The summed E-state index contributed by atoms with van der Waals surface area (Å²) in [5.41, 5.74) is 0. The van der Waals surface area contributed by atoms with Gasteiger partial charge < -0.3 is 5.11 Å². The Labute approximate surface area is 72.7 Å². The normalized spacial score (nSPS) is 40.0. The quantitative estimate of drug-likeness (QED) is 0.696. The third-order valence-corrected chi connectivity index (χ3v) is 3.07. The van der Waals surface area contributed by atoms with Crippen LogP contribution in [0.2, 0.25) is 0 Å². The molecule has 0 aromatic carbocycles. The van der Waals surface area contributed by atoms with Gasteiger partial charge in [0.1, 0.15) is 4.87 Å². The van der Waals surface area contributed by atoms with Crippen molar-refractivity contribution in [3.05, 3.63) is 0 Å². The molecule has 1 rings (SSSR count). The van der Waals surface area contributed by atoms with Crippen molar-refractivity contribution in [3.63, 3.8) is 0 Å². The van der Waals surface area contributed by atoms with Crippen molar-refractivity contribution in [2.24, 2.45) is 0 Å². The van der Waals surface area contributed by atoms with Gasteiger partial charge in [-0.05, 0) is 19.3 Å². The highest BCUT2D eigenvalue weighted by molar-refractivity contribution is 9.09. The first-order chi connectivity index (χ1) is 4.54. The Bertz CT molecular complexity index is 162. The maximum atomic E-state index is 10.5. The van der Waals surface area contributed by atoms with E-state index in [1.54, 1.807) is 0 Å². The van der Waals surface area contributed by atoms with Crippen molar-refractivity contribution in [1.29, 1.82) is 0 Å². The highest BCUT2D eigenvalue weighted by Gasteiger charge is 2.42. The molecule has 10 heavy (non-hydrogen) atoms. The predicted octanol–water partition coefficient (Wildman–Crippen LogP) is 2.00. The summed E-state index contributed by atoms with van der Waals surface area (Å²) in [5, 5.41) is 8.64. The molecule has 1 fully saturated rings. The number of carbonyl (C=O) groups is 1. The van der Waals surface area contributed by atoms with E-state index < -0.39 is 10.8 Å². The van der Waals surface area contributed by atoms with Crippen molar-refractivity contribution in [2.45, 2.75) is 29.0 Å². The molecule has 2 nitrogen and oxygen atoms in total. The lowest BCUT2D eigenvalue weighted by molar-refractivity contribution is -0.140. The molecule has 1 N–H and O–H groups in total. The fourth-order valence-corrected chi connectivity index (χ4v) is 2.40. The van der Waals surface area contributed by atoms with Crippen LogP contribution >= 0.6 is 27.5 Å². The molecule has 1 saturated carbocycles. The van der Waals surface area contributed by atoms with Crippen LogP contribution in [0.1, 0.15) is 19.3 Å². The Morgan fingerprint density at radius 3 is 2.60 bits per heavy atom. The highest BCUT2D eigenvalue weighted by atomic mass is 79.9. The lowest BCUT2D eigenvalue weighted by atomic mass is 10.1. The fourth-order valence-electron chi connectivity index (χ4n) is 1.13. The zero-order valence-electron chi connectivity index (χ0n) is 5.31. The molecule has 2 unspecified atom stereocenters. The van der Waals surface area contributed by atoms with Crippen LogP contribution in [0.5, 0.6) is 0 Å². The summed E-state index contributed by atoms with van der Waals surface area (Å²) in [5.74, 6) is -0.892. The Morgan fingerprint density at radius 2 is 2.40 bits per heavy atom. The summed E-state index contributed by atoms with van der Waals surface area (Å²) >= 11 is 9.11. The van der Waals surface area contributed by atoms with Gasteiger partial charge >= 0.3 is 5.97 Å². The molecule has 0 spiro atoms. The number of rotatable bonds is 1. The standard InChI is InChI=1S/C6H8BrClO2/c7-4-1-2-6(8,3-4)5(9)10/h4H,1-3H2,(H,9,10). The van der Waals surface area contributed by atoms with Crippen molar-refractivity contribution in [2.75, 3.05) is 0 Å². The van der Waals surface area contributed by atoms with Gasteiger partial charge in [-0.3, -0.25) is 4.79 Å². The van der Waals surface area contributed by atoms with Crippen LogP contribution in [-0.4, -0.2) is 20.8 Å². The lowest BCUT2D eigenvalue weighted by Gasteiger charge is -2.13. The molecular formula is C6H8BrClO2. The van der Waals surface area contributed by atoms with E-state index in [2.05, 4.69) is 15.9 Å². The molecule has 0 aliphatic heterocycles. The molecule has 0 aromatic heterocycles. The maximum absolute atomic E-state index is 10.5. The molecular weight excluding hydrogens is 219 g/mol. The number of alkyl halides is 2. The van der Waals surface area contributed by atoms with Crippen molar-refractivity contribution in [3.8, 4) is 0 Å². The van der Waals surface area contributed by atoms with E-state index in [1.165, 1.54) is 0 Å². The van der Waals surface area contributed by atoms with Gasteiger partial charge in [0.15, 0.2) is 0 Å². The zero-order valence-corrected chi connectivity index (χ0v) is 7.65. The first-order valence-corrected chi connectivity index (χ1v) is 4.40. The van der Waals surface area contributed by atoms with Crippen LogP contribution in [0.25, 0.3) is 0 Å². The van der Waals surface area contributed by atoms with Crippen LogP contribution in [0.4, 0.5) is 0 Å². The second-order valence-corrected chi connectivity index (χ2v) is 4.63. The third kappa shape index (κ3) is 1.45. The van der Waals surface area contributed by atoms with Gasteiger partial charge in [-0.2, -0.15) is 0 Å². The summed E-state index contributed by atoms with van der Waals surface area (Å²) in [6.07, 6.45) is 1.96. The van der Waals surface area contributed by atoms with Gasteiger partial charge in [0.2, 0.25) is 0 Å². The number of halogens is 2. The number of hydrogen-bond donors (Lipinski definition) is 1. The number of carboxylic acids is 1. The van der Waals surface area contributed by atoms with Gasteiger partial charge in [-0.15, -0.1) is 11.6 Å². The molecule has 0 aromatic rings. The van der Waals surface area contributed by atoms with Crippen LogP contribution in [0, 0.1) is 0 Å². The van der Waals surface area contributed by atoms with E-state index in [-0.39, 0.29) is 4.83 Å². The summed E-state index contributed by atoms with van der Waals surface area (Å²) in [6, 6.07) is 0. The van der Waals surface area contributed by atoms with E-state index in [4.69, 9.17) is 16.7 Å². The maximum Gasteiger partial charge on any atom is 0.324 e. The van der Waals surface area contributed by atoms with E-state index in [1.807, 2.05) is 0 Å². The number of hydrogen-bond acceptors (Lipinski definition) is 1. The topological polar surface area (TPSA) is 37.3 Å². The predicted molar refractivity (Wildman–Crippen MR) is 42.8 cm³/mol. The molecule has 4 heteroatoms. The smallest absolute Gasteiger partial charge is 0.324 e. The monoisotopic (exact) mass is 226 g/mol. The Hall–Kier alpha value is 0.240. The van der Waals surface area contributed by atoms with E-state index in [9.17, 15) is 4.79 Å². The van der Waals surface area contributed by atoms with Crippen molar-refractivity contribution in [1.82, 2.24) is 0 Å². The summed E-state index contributed by atoms with van der Waals surface area (Å²) in [6.45, 7) is 0. The average Bonchev–Trinajstić information content (AvgIpc) is 2.13. The number of aliphatic carboxylic acids is 1. The Morgan fingerprint density at radius 1 is 1.80 bits per heavy atom. The second-order valence-electron chi connectivity index (χ2n) is 2.61. The van der Waals surface area contributed by atoms with Crippen LogP contribution in [0.15, 0.2) is 0 Å². The van der Waals surface area contributed by atoms with Crippen LogP contribution in [0.3, 0.4) is 0 Å². The van der Waals surface area contributed by atoms with Gasteiger partial charge in [-0.25, -0.2) is 0 Å². The van der Waals surface area contributed by atoms with E-state index >= 15 is 0 Å². The van der Waals surface area contributed by atoms with Crippen LogP contribution < -0.4 is 0 Å². The van der Waals surface area contributed by atoms with E-state index in [0.717, 1.165) is 6.42 Å². The van der Waals surface area contributed by atoms with Gasteiger partial charge in [-0.1, -0.05) is 15.9 Å². The molecule has 58 valence electrons. The highest BCUT2D eigenvalue weighted by Crippen LogP contribution is 2.39.